The first kappa shape index (κ1) is 25.9. The van der Waals surface area contributed by atoms with Gasteiger partial charge in [-0.2, -0.15) is 17.2 Å². The lowest BCUT2D eigenvalue weighted by Crippen LogP contribution is -2.43. The van der Waals surface area contributed by atoms with E-state index in [1.54, 1.807) is 0 Å². The molecule has 1 aromatic heterocycles. The van der Waals surface area contributed by atoms with Gasteiger partial charge in [0.15, 0.2) is 0 Å². The quantitative estimate of drug-likeness (QED) is 0.332. The van der Waals surface area contributed by atoms with Gasteiger partial charge in [0.1, 0.15) is 42.5 Å². The van der Waals surface area contributed by atoms with E-state index in [0.29, 0.717) is 30.7 Å². The van der Waals surface area contributed by atoms with Crippen LogP contribution in [0.4, 0.5) is 30.7 Å². The summed E-state index contributed by atoms with van der Waals surface area (Å²) in [5.74, 6) is -8.94. The Morgan fingerprint density at radius 1 is 1.17 bits per heavy atom. The molecule has 0 aliphatic carbocycles. The van der Waals surface area contributed by atoms with Crippen molar-refractivity contribution in [3.8, 4) is 11.1 Å². The van der Waals surface area contributed by atoms with E-state index in [2.05, 4.69) is 16.9 Å². The van der Waals surface area contributed by atoms with Crippen molar-refractivity contribution < 1.29 is 48.0 Å². The van der Waals surface area contributed by atoms with Gasteiger partial charge in [-0.3, -0.25) is 4.98 Å². The number of oxime groups is 1. The van der Waals surface area contributed by atoms with Gasteiger partial charge in [-0.25, -0.2) is 22.0 Å². The number of aromatic nitrogens is 1. The normalized spacial score (nSPS) is 23.5. The zero-order valence-electron chi connectivity index (χ0n) is 18.5. The molecule has 1 fully saturated rings. The molecule has 0 bridgehead atoms. The van der Waals surface area contributed by atoms with Gasteiger partial charge >= 0.3 is 15.9 Å². The molecule has 194 valence electrons. The highest BCUT2D eigenvalue weighted by molar-refractivity contribution is 7.84. The van der Waals surface area contributed by atoms with Gasteiger partial charge in [-0.15, -0.1) is 3.98 Å². The maximum atomic E-state index is 14.6. The van der Waals surface area contributed by atoms with E-state index in [1.807, 2.05) is 0 Å². The average molecular weight is 539 g/mol. The number of amidine groups is 1. The molecule has 7 nitrogen and oxygen atoms in total. The van der Waals surface area contributed by atoms with Crippen molar-refractivity contribution in [2.45, 2.75) is 24.0 Å². The number of halogens is 7. The monoisotopic (exact) mass is 539 g/mol. The van der Waals surface area contributed by atoms with Crippen molar-refractivity contribution in [2.75, 3.05) is 26.0 Å². The molecule has 0 amide bonds. The second-order valence-electron chi connectivity index (χ2n) is 8.51. The Labute approximate surface area is 200 Å². The van der Waals surface area contributed by atoms with Gasteiger partial charge < -0.3 is 9.74 Å². The molecule has 1 unspecified atom stereocenters. The SMILES string of the molecule is C=[N+]([C@@H]1CN(C2=NOC(CF)(c3ncc(F)cc3-c3c(F)cc(F)cc3F)C2)CC1(F)F)S(C)(=O)=O. The zero-order valence-corrected chi connectivity index (χ0v) is 19.3. The smallest absolute Gasteiger partial charge is 0.361 e. The Morgan fingerprint density at radius 2 is 1.81 bits per heavy atom. The minimum atomic E-state index is -4.09. The molecule has 0 radical (unpaired) electrons. The van der Waals surface area contributed by atoms with Crippen LogP contribution in [-0.2, 0) is 20.5 Å². The topological polar surface area (TPSA) is 74.9 Å². The summed E-state index contributed by atoms with van der Waals surface area (Å²) in [4.78, 5) is 9.92. The van der Waals surface area contributed by atoms with Crippen molar-refractivity contribution in [3.05, 3.63) is 53.4 Å². The Morgan fingerprint density at radius 3 is 2.39 bits per heavy atom. The lowest BCUT2D eigenvalue weighted by atomic mass is 9.89. The number of sulfonamides is 1. The molecule has 2 aromatic rings. The summed E-state index contributed by atoms with van der Waals surface area (Å²) in [6, 6.07) is -0.540. The first-order chi connectivity index (χ1) is 16.7. The van der Waals surface area contributed by atoms with Crippen molar-refractivity contribution >= 4 is 22.6 Å². The molecule has 1 aromatic carbocycles. The Kier molecular flexibility index (Phi) is 6.25. The number of pyridine rings is 1. The van der Waals surface area contributed by atoms with Gasteiger partial charge in [0, 0.05) is 17.7 Å². The third kappa shape index (κ3) is 4.40. The van der Waals surface area contributed by atoms with Crippen LogP contribution in [0.2, 0.25) is 0 Å². The molecule has 2 aliphatic rings. The fraction of sp³-hybridized carbons (Fsp3) is 0.381. The zero-order chi connectivity index (χ0) is 26.6. The van der Waals surface area contributed by atoms with Gasteiger partial charge in [0.25, 0.3) is 6.04 Å². The Balaban J connectivity index is 1.70. The van der Waals surface area contributed by atoms with E-state index >= 15 is 0 Å². The fourth-order valence-electron chi connectivity index (χ4n) is 4.18. The molecule has 0 spiro atoms. The van der Waals surface area contributed by atoms with Crippen LogP contribution in [0.15, 0.2) is 29.6 Å². The molecule has 2 atom stereocenters. The first-order valence-electron chi connectivity index (χ1n) is 10.2. The number of nitrogens with zero attached hydrogens (tertiary/aromatic N) is 4. The predicted molar refractivity (Wildman–Crippen MR) is 113 cm³/mol. The Hall–Kier alpha value is -3.23. The molecule has 2 aliphatic heterocycles. The number of likely N-dealkylation sites (tertiary alicyclic amines) is 1. The summed E-state index contributed by atoms with van der Waals surface area (Å²) in [6.45, 7) is 0.183. The summed E-state index contributed by atoms with van der Waals surface area (Å²) in [5, 5.41) is 3.66. The highest BCUT2D eigenvalue weighted by Crippen LogP contribution is 2.43. The molecule has 0 saturated carbocycles. The summed E-state index contributed by atoms with van der Waals surface area (Å²) >= 11 is 0. The lowest BCUT2D eigenvalue weighted by molar-refractivity contribution is -0.435. The third-order valence-electron chi connectivity index (χ3n) is 5.97. The molecule has 0 N–H and O–H groups in total. The number of rotatable bonds is 5. The minimum absolute atomic E-state index is 0.228. The van der Waals surface area contributed by atoms with Crippen molar-refractivity contribution in [2.24, 2.45) is 5.16 Å². The summed E-state index contributed by atoms with van der Waals surface area (Å²) < 4.78 is 124. The maximum absolute atomic E-state index is 14.6. The third-order valence-corrected chi connectivity index (χ3v) is 7.08. The van der Waals surface area contributed by atoms with Crippen LogP contribution in [0.3, 0.4) is 0 Å². The van der Waals surface area contributed by atoms with Crippen molar-refractivity contribution in [1.82, 2.24) is 9.88 Å². The minimum Gasteiger partial charge on any atom is -0.378 e. The molecular formula is C21H18F7N4O3S+. The van der Waals surface area contributed by atoms with Crippen LogP contribution >= 0.6 is 0 Å². The second-order valence-corrected chi connectivity index (χ2v) is 10.4. The Bertz CT molecular complexity index is 1360. The van der Waals surface area contributed by atoms with E-state index < -0.39 is 93.9 Å². The number of hydrogen-bond donors (Lipinski definition) is 0. The second kappa shape index (κ2) is 8.71. The summed E-state index contributed by atoms with van der Waals surface area (Å²) in [5.41, 5.74) is -4.20. The number of benzene rings is 1. The first-order valence-corrected chi connectivity index (χ1v) is 12.1. The fourth-order valence-corrected chi connectivity index (χ4v) is 4.86. The molecule has 36 heavy (non-hydrogen) atoms. The average Bonchev–Trinajstić information content (AvgIpc) is 3.33. The van der Waals surface area contributed by atoms with Crippen LogP contribution in [0.5, 0.6) is 0 Å². The number of hydrogen-bond acceptors (Lipinski definition) is 6. The van der Waals surface area contributed by atoms with Gasteiger partial charge in [-0.1, -0.05) is 5.16 Å². The molecule has 4 rings (SSSR count). The number of alkyl halides is 3. The molecular weight excluding hydrogens is 521 g/mol. The molecule has 15 heteroatoms. The highest BCUT2D eigenvalue weighted by Gasteiger charge is 2.59. The van der Waals surface area contributed by atoms with E-state index in [1.165, 1.54) is 0 Å². The predicted octanol–water partition coefficient (Wildman–Crippen LogP) is 3.20. The lowest BCUT2D eigenvalue weighted by Gasteiger charge is -2.26. The van der Waals surface area contributed by atoms with E-state index in [-0.39, 0.29) is 9.82 Å². The summed E-state index contributed by atoms with van der Waals surface area (Å²) in [7, 11) is -4.09. The highest BCUT2D eigenvalue weighted by atomic mass is 32.2. The van der Waals surface area contributed by atoms with Crippen LogP contribution < -0.4 is 0 Å². The summed E-state index contributed by atoms with van der Waals surface area (Å²) in [6.07, 6.45) is 0.764. The van der Waals surface area contributed by atoms with Crippen LogP contribution in [-0.4, -0.2) is 72.8 Å². The van der Waals surface area contributed by atoms with Crippen molar-refractivity contribution in [1.29, 1.82) is 0 Å². The maximum Gasteiger partial charge on any atom is 0.361 e. The van der Waals surface area contributed by atoms with E-state index in [9.17, 15) is 39.2 Å². The largest absolute Gasteiger partial charge is 0.378 e. The van der Waals surface area contributed by atoms with Crippen LogP contribution in [0.25, 0.3) is 11.1 Å². The standard InChI is InChI=1S/C21H18F7N4O3S/c1-31(36(2,33)34)16-8-32(10-21(16,27)28)17-6-20(9-22,35-30-17)19-13(3-12(24)7-29-19)18-14(25)4-11(23)5-15(18)26/h3-5,7,16H,1,6,8-10H2,2H3/q+1/t16-,20?/m1/s1. The van der Waals surface area contributed by atoms with Crippen LogP contribution in [0, 0.1) is 23.3 Å². The van der Waals surface area contributed by atoms with Gasteiger partial charge in [-0.05, 0) is 6.07 Å². The molecule has 3 heterocycles. The van der Waals surface area contributed by atoms with Gasteiger partial charge in [0.2, 0.25) is 5.60 Å². The molecule has 1 saturated heterocycles. The van der Waals surface area contributed by atoms with Gasteiger partial charge in [0.05, 0.1) is 43.2 Å². The van der Waals surface area contributed by atoms with E-state index in [4.69, 9.17) is 4.84 Å². The van der Waals surface area contributed by atoms with Crippen LogP contribution in [0.1, 0.15) is 12.1 Å². The van der Waals surface area contributed by atoms with Crippen molar-refractivity contribution in [3.63, 3.8) is 0 Å². The van der Waals surface area contributed by atoms with E-state index in [0.717, 1.165) is 4.90 Å².